The van der Waals surface area contributed by atoms with Crippen molar-refractivity contribution in [3.63, 3.8) is 0 Å². The lowest BCUT2D eigenvalue weighted by Gasteiger charge is -2.22. The van der Waals surface area contributed by atoms with E-state index in [4.69, 9.17) is 9.47 Å². The summed E-state index contributed by atoms with van der Waals surface area (Å²) in [6, 6.07) is 17.7. The van der Waals surface area contributed by atoms with E-state index in [2.05, 4.69) is 0 Å². The summed E-state index contributed by atoms with van der Waals surface area (Å²) < 4.78 is 10.7. The van der Waals surface area contributed by atoms with Gasteiger partial charge in [0.05, 0.1) is 0 Å². The highest BCUT2D eigenvalue weighted by Gasteiger charge is 2.70. The largest absolute Gasteiger partial charge is 0.454 e. The Morgan fingerprint density at radius 3 is 2.00 bits per heavy atom. The van der Waals surface area contributed by atoms with Crippen LogP contribution < -0.4 is 0 Å². The minimum absolute atomic E-state index is 0.566. The highest BCUT2D eigenvalue weighted by atomic mass is 16.6. The van der Waals surface area contributed by atoms with Crippen molar-refractivity contribution in [2.45, 2.75) is 17.8 Å². The number of hydrogen-bond donors (Lipinski definition) is 1. The molecule has 2 heterocycles. The zero-order valence-corrected chi connectivity index (χ0v) is 12.1. The van der Waals surface area contributed by atoms with Crippen molar-refractivity contribution in [2.24, 2.45) is 5.92 Å². The van der Waals surface area contributed by atoms with Gasteiger partial charge in [0.1, 0.15) is 12.0 Å². The number of fused-ring (bicyclic) bond motifs is 1. The smallest absolute Gasteiger partial charge is 0.344 e. The van der Waals surface area contributed by atoms with Crippen LogP contribution in [-0.2, 0) is 19.1 Å². The molecule has 2 aliphatic rings. The number of carbonyl (C=O) groups is 2. The first-order valence-electron chi connectivity index (χ1n) is 7.36. The lowest BCUT2D eigenvalue weighted by atomic mass is 9.80. The van der Waals surface area contributed by atoms with Gasteiger partial charge in [0.25, 0.3) is 0 Å². The molecule has 1 N–H and O–H groups in total. The van der Waals surface area contributed by atoms with E-state index in [0.29, 0.717) is 11.1 Å². The molecule has 4 atom stereocenters. The third kappa shape index (κ3) is 1.90. The highest BCUT2D eigenvalue weighted by Crippen LogP contribution is 2.54. The van der Waals surface area contributed by atoms with Gasteiger partial charge in [0, 0.05) is 0 Å². The molecule has 2 fully saturated rings. The van der Waals surface area contributed by atoms with Crippen LogP contribution in [0.1, 0.15) is 23.3 Å². The molecule has 0 radical (unpaired) electrons. The Balaban J connectivity index is 1.79. The summed E-state index contributed by atoms with van der Waals surface area (Å²) in [6.07, 6.45) is -1.89. The second-order valence-corrected chi connectivity index (χ2v) is 5.77. The third-order valence-corrected chi connectivity index (χ3v) is 4.46. The van der Waals surface area contributed by atoms with E-state index in [9.17, 15) is 14.7 Å². The van der Waals surface area contributed by atoms with Crippen LogP contribution in [0.3, 0.4) is 0 Å². The number of carbonyl (C=O) groups excluding carboxylic acids is 2. The van der Waals surface area contributed by atoms with E-state index in [1.807, 2.05) is 12.1 Å². The summed E-state index contributed by atoms with van der Waals surface area (Å²) in [7, 11) is 0. The fraction of sp³-hybridized carbons (Fsp3) is 0.222. The monoisotopic (exact) mass is 310 g/mol. The molecule has 5 nitrogen and oxygen atoms in total. The van der Waals surface area contributed by atoms with Gasteiger partial charge in [-0.05, 0) is 11.1 Å². The lowest BCUT2D eigenvalue weighted by molar-refractivity contribution is -0.165. The van der Waals surface area contributed by atoms with Gasteiger partial charge in [-0.3, -0.25) is 4.79 Å². The van der Waals surface area contributed by atoms with Gasteiger partial charge < -0.3 is 14.6 Å². The predicted molar refractivity (Wildman–Crippen MR) is 79.0 cm³/mol. The summed E-state index contributed by atoms with van der Waals surface area (Å²) in [5.41, 5.74) is -0.775. The van der Waals surface area contributed by atoms with E-state index in [1.54, 1.807) is 48.5 Å². The molecule has 23 heavy (non-hydrogen) atoms. The summed E-state index contributed by atoms with van der Waals surface area (Å²) in [5.74, 6) is -2.51. The average molecular weight is 310 g/mol. The summed E-state index contributed by atoms with van der Waals surface area (Å²) in [5, 5.41) is 11.0. The van der Waals surface area contributed by atoms with Gasteiger partial charge in [-0.15, -0.1) is 0 Å². The maximum atomic E-state index is 12.4. The van der Waals surface area contributed by atoms with Gasteiger partial charge >= 0.3 is 11.9 Å². The number of esters is 2. The SMILES string of the molecule is O=C1O[C@@H](c2ccccc2)[C@]2(O)C(=O)O[C@H](c3ccccc3)[C@H]12. The number of hydrogen-bond acceptors (Lipinski definition) is 5. The van der Waals surface area contributed by atoms with Crippen molar-refractivity contribution < 1.29 is 24.2 Å². The zero-order valence-electron chi connectivity index (χ0n) is 12.1. The van der Waals surface area contributed by atoms with E-state index in [1.165, 1.54) is 0 Å². The van der Waals surface area contributed by atoms with Crippen LogP contribution in [0.4, 0.5) is 0 Å². The van der Waals surface area contributed by atoms with E-state index >= 15 is 0 Å². The second kappa shape index (κ2) is 4.93. The Hall–Kier alpha value is -2.66. The zero-order chi connectivity index (χ0) is 16.0. The summed E-state index contributed by atoms with van der Waals surface area (Å²) in [6.45, 7) is 0. The molecular weight excluding hydrogens is 296 g/mol. The van der Waals surface area contributed by atoms with Gasteiger partial charge in [0.15, 0.2) is 6.10 Å². The normalized spacial score (nSPS) is 32.3. The number of aliphatic hydroxyl groups is 1. The predicted octanol–water partition coefficient (Wildman–Crippen LogP) is 1.93. The number of benzene rings is 2. The van der Waals surface area contributed by atoms with E-state index < -0.39 is 35.7 Å². The van der Waals surface area contributed by atoms with Crippen LogP contribution >= 0.6 is 0 Å². The Labute approximate surface area is 132 Å². The first kappa shape index (κ1) is 14.0. The van der Waals surface area contributed by atoms with Crippen molar-refractivity contribution in [3.8, 4) is 0 Å². The maximum Gasteiger partial charge on any atom is 0.344 e. The Morgan fingerprint density at radius 1 is 0.826 bits per heavy atom. The maximum absolute atomic E-state index is 12.4. The molecule has 0 unspecified atom stereocenters. The molecule has 2 aromatic carbocycles. The average Bonchev–Trinajstić information content (AvgIpc) is 3.01. The van der Waals surface area contributed by atoms with Crippen molar-refractivity contribution in [2.75, 3.05) is 0 Å². The van der Waals surface area contributed by atoms with Gasteiger partial charge in [-0.1, -0.05) is 60.7 Å². The molecule has 0 saturated carbocycles. The second-order valence-electron chi connectivity index (χ2n) is 5.77. The van der Waals surface area contributed by atoms with E-state index in [-0.39, 0.29) is 0 Å². The third-order valence-electron chi connectivity index (χ3n) is 4.46. The molecule has 0 aliphatic carbocycles. The van der Waals surface area contributed by atoms with Gasteiger partial charge in [-0.2, -0.15) is 0 Å². The van der Waals surface area contributed by atoms with Crippen LogP contribution in [0, 0.1) is 5.92 Å². The van der Waals surface area contributed by atoms with Crippen LogP contribution in [0.15, 0.2) is 60.7 Å². The lowest BCUT2D eigenvalue weighted by Crippen LogP contribution is -2.43. The molecule has 5 heteroatoms. The van der Waals surface area contributed by atoms with Crippen molar-refractivity contribution in [1.29, 1.82) is 0 Å². The van der Waals surface area contributed by atoms with Crippen LogP contribution in [0.25, 0.3) is 0 Å². The highest BCUT2D eigenvalue weighted by molar-refractivity contribution is 5.95. The minimum atomic E-state index is -2.00. The molecule has 4 rings (SSSR count). The Morgan fingerprint density at radius 2 is 1.39 bits per heavy atom. The molecule has 0 aromatic heterocycles. The molecule has 116 valence electrons. The van der Waals surface area contributed by atoms with Crippen molar-refractivity contribution >= 4 is 11.9 Å². The van der Waals surface area contributed by atoms with Crippen LogP contribution in [0.5, 0.6) is 0 Å². The number of cyclic esters (lactones) is 2. The van der Waals surface area contributed by atoms with Crippen molar-refractivity contribution in [1.82, 2.24) is 0 Å². The molecule has 2 saturated heterocycles. The number of ether oxygens (including phenoxy) is 2. The van der Waals surface area contributed by atoms with E-state index in [0.717, 1.165) is 0 Å². The van der Waals surface area contributed by atoms with Crippen LogP contribution in [0.2, 0.25) is 0 Å². The Kier molecular flexibility index (Phi) is 2.99. The fourth-order valence-corrected chi connectivity index (χ4v) is 3.34. The molecule has 0 spiro atoms. The topological polar surface area (TPSA) is 72.8 Å². The Bertz CT molecular complexity index is 757. The van der Waals surface area contributed by atoms with Crippen molar-refractivity contribution in [3.05, 3.63) is 71.8 Å². The van der Waals surface area contributed by atoms with Gasteiger partial charge in [-0.25, -0.2) is 4.79 Å². The quantitative estimate of drug-likeness (QED) is 0.858. The minimum Gasteiger partial charge on any atom is -0.454 e. The molecule has 0 amide bonds. The first-order valence-corrected chi connectivity index (χ1v) is 7.36. The fourth-order valence-electron chi connectivity index (χ4n) is 3.34. The number of rotatable bonds is 2. The molecular formula is C18H14O5. The molecule has 2 aromatic rings. The molecule has 2 aliphatic heterocycles. The first-order chi connectivity index (χ1) is 11.1. The molecule has 0 bridgehead atoms. The summed E-state index contributed by atoms with van der Waals surface area (Å²) >= 11 is 0. The summed E-state index contributed by atoms with van der Waals surface area (Å²) in [4.78, 5) is 24.7. The van der Waals surface area contributed by atoms with Crippen LogP contribution in [-0.4, -0.2) is 22.6 Å². The standard InChI is InChI=1S/C18H14O5/c19-16-13-14(11-7-3-1-4-8-11)22-17(20)18(13,21)15(23-16)12-9-5-2-6-10-12/h1-10,13-15,21H/t13-,14-,15+,18+/m1/s1. The van der Waals surface area contributed by atoms with Gasteiger partial charge in [0.2, 0.25) is 5.60 Å².